The van der Waals surface area contributed by atoms with E-state index in [4.69, 9.17) is 0 Å². The minimum Gasteiger partial charge on any atom is -0.468 e. The molecule has 1 heterocycles. The van der Waals surface area contributed by atoms with E-state index in [1.165, 1.54) is 18.3 Å². The molecule has 0 spiro atoms. The maximum absolute atomic E-state index is 12.0. The first-order chi connectivity index (χ1) is 11.3. The molecular formula is C14H17F3N4O3. The van der Waals surface area contributed by atoms with Crippen molar-refractivity contribution in [3.05, 3.63) is 23.9 Å². The van der Waals surface area contributed by atoms with E-state index >= 15 is 0 Å². The van der Waals surface area contributed by atoms with Crippen LogP contribution in [0.1, 0.15) is 18.4 Å². The smallest absolute Gasteiger partial charge is 0.422 e. The molecule has 0 radical (unpaired) electrons. The fourth-order valence-corrected chi connectivity index (χ4v) is 1.67. The van der Waals surface area contributed by atoms with Crippen LogP contribution in [0.25, 0.3) is 0 Å². The molecule has 1 saturated carbocycles. The number of ether oxygens (including phenoxy) is 1. The first kappa shape index (κ1) is 17.8. The molecule has 0 atom stereocenters. The number of nitrogens with zero attached hydrogens (tertiary/aromatic N) is 1. The van der Waals surface area contributed by atoms with E-state index < -0.39 is 18.8 Å². The van der Waals surface area contributed by atoms with Crippen molar-refractivity contribution < 1.29 is 27.5 Å². The van der Waals surface area contributed by atoms with Crippen molar-refractivity contribution in [1.82, 2.24) is 20.9 Å². The molecule has 0 bridgehead atoms. The van der Waals surface area contributed by atoms with Crippen molar-refractivity contribution in [3.8, 4) is 5.88 Å². The van der Waals surface area contributed by atoms with Crippen molar-refractivity contribution in [2.24, 2.45) is 0 Å². The van der Waals surface area contributed by atoms with E-state index in [1.54, 1.807) is 0 Å². The van der Waals surface area contributed by atoms with E-state index in [0.29, 0.717) is 5.56 Å². The molecule has 132 valence electrons. The normalized spacial score (nSPS) is 14.0. The predicted molar refractivity (Wildman–Crippen MR) is 77.2 cm³/mol. The zero-order valence-corrected chi connectivity index (χ0v) is 12.7. The van der Waals surface area contributed by atoms with Gasteiger partial charge >= 0.3 is 12.2 Å². The Morgan fingerprint density at radius 2 is 2.00 bits per heavy atom. The van der Waals surface area contributed by atoms with Crippen LogP contribution >= 0.6 is 0 Å². The second kappa shape index (κ2) is 7.84. The summed E-state index contributed by atoms with van der Waals surface area (Å²) in [6, 6.07) is 2.47. The maximum Gasteiger partial charge on any atom is 0.422 e. The number of carbonyl (C=O) groups is 2. The average molecular weight is 346 g/mol. The summed E-state index contributed by atoms with van der Waals surface area (Å²) in [6.45, 7) is -1.42. The lowest BCUT2D eigenvalue weighted by Gasteiger charge is -2.09. The Bertz CT molecular complexity index is 574. The van der Waals surface area contributed by atoms with Crippen LogP contribution in [-0.4, -0.2) is 42.3 Å². The van der Waals surface area contributed by atoms with Gasteiger partial charge < -0.3 is 20.7 Å². The Morgan fingerprint density at radius 3 is 2.58 bits per heavy atom. The average Bonchev–Trinajstić information content (AvgIpc) is 3.33. The third-order valence-electron chi connectivity index (χ3n) is 2.99. The van der Waals surface area contributed by atoms with Crippen molar-refractivity contribution in [2.45, 2.75) is 31.6 Å². The van der Waals surface area contributed by atoms with Gasteiger partial charge in [0, 0.05) is 24.8 Å². The van der Waals surface area contributed by atoms with Crippen LogP contribution in [0.2, 0.25) is 0 Å². The monoisotopic (exact) mass is 346 g/mol. The number of nitrogens with one attached hydrogen (secondary N) is 3. The van der Waals surface area contributed by atoms with Crippen molar-refractivity contribution in [2.75, 3.05) is 13.2 Å². The molecular weight excluding hydrogens is 329 g/mol. The van der Waals surface area contributed by atoms with Crippen LogP contribution in [0.15, 0.2) is 18.3 Å². The molecule has 1 aliphatic carbocycles. The van der Waals surface area contributed by atoms with Crippen LogP contribution in [0.4, 0.5) is 18.0 Å². The fourth-order valence-electron chi connectivity index (χ4n) is 1.67. The third kappa shape index (κ3) is 7.16. The van der Waals surface area contributed by atoms with Gasteiger partial charge in [0.05, 0.1) is 6.54 Å². The van der Waals surface area contributed by atoms with Crippen LogP contribution in [-0.2, 0) is 11.3 Å². The molecule has 24 heavy (non-hydrogen) atoms. The number of hydrogen-bond donors (Lipinski definition) is 3. The fraction of sp³-hybridized carbons (Fsp3) is 0.500. The Kier molecular flexibility index (Phi) is 5.83. The summed E-state index contributed by atoms with van der Waals surface area (Å²) in [4.78, 5) is 26.6. The summed E-state index contributed by atoms with van der Waals surface area (Å²) in [5, 5.41) is 7.64. The number of aromatic nitrogens is 1. The lowest BCUT2D eigenvalue weighted by Crippen LogP contribution is -2.42. The van der Waals surface area contributed by atoms with Gasteiger partial charge in [-0.3, -0.25) is 4.79 Å². The number of amides is 3. The number of carbonyl (C=O) groups excluding carboxylic acids is 2. The molecule has 7 nitrogen and oxygen atoms in total. The zero-order chi connectivity index (χ0) is 17.6. The van der Waals surface area contributed by atoms with Gasteiger partial charge in [-0.1, -0.05) is 6.07 Å². The third-order valence-corrected chi connectivity index (χ3v) is 2.99. The van der Waals surface area contributed by atoms with Gasteiger partial charge in [0.15, 0.2) is 6.61 Å². The van der Waals surface area contributed by atoms with E-state index in [-0.39, 0.29) is 30.9 Å². The number of rotatable bonds is 7. The largest absolute Gasteiger partial charge is 0.468 e. The van der Waals surface area contributed by atoms with Gasteiger partial charge in [-0.25, -0.2) is 9.78 Å². The summed E-state index contributed by atoms with van der Waals surface area (Å²) in [7, 11) is 0. The molecule has 1 aromatic heterocycles. The molecule has 3 N–H and O–H groups in total. The summed E-state index contributed by atoms with van der Waals surface area (Å²) in [5.74, 6) is -0.405. The number of pyridine rings is 1. The molecule has 0 saturated heterocycles. The van der Waals surface area contributed by atoms with Crippen molar-refractivity contribution in [3.63, 3.8) is 0 Å². The molecule has 0 aromatic carbocycles. The summed E-state index contributed by atoms with van der Waals surface area (Å²) in [5.41, 5.74) is 0.576. The Morgan fingerprint density at radius 1 is 1.25 bits per heavy atom. The Balaban J connectivity index is 1.65. The van der Waals surface area contributed by atoms with Crippen LogP contribution < -0.4 is 20.7 Å². The van der Waals surface area contributed by atoms with Gasteiger partial charge in [0.1, 0.15) is 0 Å². The Labute approximate surface area is 136 Å². The summed E-state index contributed by atoms with van der Waals surface area (Å²) in [6.07, 6.45) is -1.20. The van der Waals surface area contributed by atoms with Gasteiger partial charge in [0.2, 0.25) is 11.8 Å². The molecule has 1 aromatic rings. The molecule has 0 unspecified atom stereocenters. The van der Waals surface area contributed by atoms with E-state index in [2.05, 4.69) is 25.7 Å². The SMILES string of the molecule is O=C(CNC(=O)NCc1ccc(OCC(F)(F)F)nc1)NC1CC1. The second-order valence-electron chi connectivity index (χ2n) is 5.29. The molecule has 1 fully saturated rings. The molecule has 10 heteroatoms. The summed E-state index contributed by atoms with van der Waals surface area (Å²) >= 11 is 0. The standard InChI is InChI=1S/C14H17F3N4O3/c15-14(16,17)8-24-12-4-1-9(5-18-12)6-19-13(23)20-7-11(22)21-10-2-3-10/h1,4-5,10H,2-3,6-8H2,(H,21,22)(H2,19,20,23). The minimum absolute atomic E-state index is 0.114. The number of alkyl halides is 3. The lowest BCUT2D eigenvalue weighted by molar-refractivity contribution is -0.154. The highest BCUT2D eigenvalue weighted by atomic mass is 19.4. The van der Waals surface area contributed by atoms with Crippen LogP contribution in [0, 0.1) is 0 Å². The van der Waals surface area contributed by atoms with Gasteiger partial charge in [-0.2, -0.15) is 13.2 Å². The highest BCUT2D eigenvalue weighted by Crippen LogP contribution is 2.18. The van der Waals surface area contributed by atoms with E-state index in [9.17, 15) is 22.8 Å². The highest BCUT2D eigenvalue weighted by molar-refractivity contribution is 5.84. The predicted octanol–water partition coefficient (Wildman–Crippen LogP) is 1.10. The minimum atomic E-state index is -4.42. The van der Waals surface area contributed by atoms with Crippen LogP contribution in [0.5, 0.6) is 5.88 Å². The molecule has 1 aliphatic rings. The molecule has 0 aliphatic heterocycles. The van der Waals surface area contributed by atoms with E-state index in [0.717, 1.165) is 12.8 Å². The van der Waals surface area contributed by atoms with Crippen molar-refractivity contribution in [1.29, 1.82) is 0 Å². The number of urea groups is 1. The zero-order valence-electron chi connectivity index (χ0n) is 12.7. The van der Waals surface area contributed by atoms with E-state index in [1.807, 2.05) is 0 Å². The van der Waals surface area contributed by atoms with Crippen molar-refractivity contribution >= 4 is 11.9 Å². The lowest BCUT2D eigenvalue weighted by atomic mass is 10.3. The highest BCUT2D eigenvalue weighted by Gasteiger charge is 2.28. The summed E-state index contributed by atoms with van der Waals surface area (Å²) < 4.78 is 40.5. The van der Waals surface area contributed by atoms with Gasteiger partial charge in [-0.15, -0.1) is 0 Å². The maximum atomic E-state index is 12.0. The van der Waals surface area contributed by atoms with Crippen LogP contribution in [0.3, 0.4) is 0 Å². The number of halogens is 3. The quantitative estimate of drug-likeness (QED) is 0.689. The number of hydrogen-bond acceptors (Lipinski definition) is 4. The first-order valence-corrected chi connectivity index (χ1v) is 7.27. The molecule has 3 amide bonds. The van der Waals surface area contributed by atoms with Gasteiger partial charge in [0.25, 0.3) is 0 Å². The topological polar surface area (TPSA) is 92.4 Å². The first-order valence-electron chi connectivity index (χ1n) is 7.27. The second-order valence-corrected chi connectivity index (χ2v) is 5.29. The Hall–Kier alpha value is -2.52. The van der Waals surface area contributed by atoms with Gasteiger partial charge in [-0.05, 0) is 18.4 Å². The molecule has 2 rings (SSSR count).